The second kappa shape index (κ2) is 19.5. The van der Waals surface area contributed by atoms with Crippen molar-refractivity contribution in [3.63, 3.8) is 0 Å². The molecule has 2 saturated heterocycles. The van der Waals surface area contributed by atoms with Gasteiger partial charge in [0, 0.05) is 66.4 Å². The van der Waals surface area contributed by atoms with Crippen LogP contribution in [-0.2, 0) is 14.8 Å². The van der Waals surface area contributed by atoms with E-state index in [0.717, 1.165) is 44.4 Å². The van der Waals surface area contributed by atoms with Crippen LogP contribution in [0.25, 0.3) is 11.0 Å². The molecule has 2 saturated carbocycles. The Bertz CT molecular complexity index is 2930. The molecule has 4 fully saturated rings. The van der Waals surface area contributed by atoms with Crippen molar-refractivity contribution in [2.24, 2.45) is 11.3 Å². The smallest absolute Gasteiger partial charge is 0.388 e. The minimum Gasteiger partial charge on any atom is -0.491 e. The van der Waals surface area contributed by atoms with Crippen molar-refractivity contribution in [1.29, 1.82) is 0 Å². The fraction of sp³-hybridized carbons (Fsp3) is 0.490. The number of aromatic nitrogens is 2. The number of anilines is 1. The number of fused-ring (bicyclic) bond motifs is 2. The van der Waals surface area contributed by atoms with Crippen LogP contribution < -0.4 is 23.8 Å². The lowest BCUT2D eigenvalue weighted by Gasteiger charge is -2.57. The molecule has 0 radical (unpaired) electrons. The van der Waals surface area contributed by atoms with Gasteiger partial charge in [-0.05, 0) is 111 Å². The summed E-state index contributed by atoms with van der Waals surface area (Å²) >= 11 is 1.26. The second-order valence-electron chi connectivity index (χ2n) is 20.3. The number of morpholine rings is 1. The molecule has 2 atom stereocenters. The quantitative estimate of drug-likeness (QED) is 0.0744. The zero-order valence-electron chi connectivity index (χ0n) is 39.8. The van der Waals surface area contributed by atoms with E-state index in [4.69, 9.17) is 18.9 Å². The van der Waals surface area contributed by atoms with Crippen LogP contribution in [0.15, 0.2) is 82.7 Å². The highest BCUT2D eigenvalue weighted by atomic mass is 32.2. The summed E-state index contributed by atoms with van der Waals surface area (Å²) in [5, 5.41) is 23.3. The number of pyridine rings is 1. The zero-order chi connectivity index (χ0) is 49.8. The Morgan fingerprint density at radius 1 is 1.01 bits per heavy atom. The lowest BCUT2D eigenvalue weighted by atomic mass is 9.59. The van der Waals surface area contributed by atoms with Crippen LogP contribution in [0.1, 0.15) is 106 Å². The van der Waals surface area contributed by atoms with Crippen LogP contribution in [0.4, 0.5) is 20.2 Å². The van der Waals surface area contributed by atoms with Gasteiger partial charge in [0.2, 0.25) is 0 Å². The number of thioether (sulfide) groups is 1. The molecule has 71 heavy (non-hydrogen) atoms. The van der Waals surface area contributed by atoms with Crippen molar-refractivity contribution in [3.05, 3.63) is 99.7 Å². The number of ether oxygens (including phenoxy) is 4. The number of carbonyl (C=O) groups excluding carboxylic acids is 1. The van der Waals surface area contributed by atoms with Gasteiger partial charge in [0.1, 0.15) is 28.6 Å². The normalized spacial score (nSPS) is 23.8. The number of halogens is 2. The van der Waals surface area contributed by atoms with E-state index < -0.39 is 49.5 Å². The summed E-state index contributed by atoms with van der Waals surface area (Å²) in [5.74, 6) is -1.59. The van der Waals surface area contributed by atoms with Crippen molar-refractivity contribution < 1.29 is 51.0 Å². The van der Waals surface area contributed by atoms with Crippen molar-refractivity contribution in [2.75, 3.05) is 44.4 Å². The number of nitro benzene ring substituents is 1. The molecule has 16 nitrogen and oxygen atoms in total. The zero-order valence-corrected chi connectivity index (χ0v) is 41.4. The molecule has 0 bridgehead atoms. The first-order valence-electron chi connectivity index (χ1n) is 24.3. The summed E-state index contributed by atoms with van der Waals surface area (Å²) in [4.78, 5) is 37.5. The van der Waals surface area contributed by atoms with E-state index in [1.807, 2.05) is 0 Å². The van der Waals surface area contributed by atoms with E-state index in [1.54, 1.807) is 31.3 Å². The Morgan fingerprint density at radius 2 is 1.77 bits per heavy atom. The van der Waals surface area contributed by atoms with Gasteiger partial charge in [-0.15, -0.1) is 11.8 Å². The average Bonchev–Trinajstić information content (AvgIpc) is 3.79. The van der Waals surface area contributed by atoms with Crippen LogP contribution in [0.2, 0.25) is 0 Å². The number of sulfonamides is 1. The third kappa shape index (κ3) is 10.1. The molecule has 2 aromatic heterocycles. The molecule has 10 rings (SSSR count). The van der Waals surface area contributed by atoms with Crippen LogP contribution in [-0.4, -0.2) is 102 Å². The van der Waals surface area contributed by atoms with Gasteiger partial charge in [-0.1, -0.05) is 38.1 Å². The number of hydrogen-bond donors (Lipinski definition) is 3. The SMILES string of the molecule is CC(C)c1ccccc1[C@@H]1COCCN1C1CC2(CCN(c3ccc(C(=O)NS(=O)(=O)c4cc5c(c([N+](=O)[O-])c4)S[C@@H](C4CCC(C)(O)CC4)CO5)c(Oc4cc5cc[nH]c5nc4OC(F)F)c3)CC2)C1. The molecule has 1 amide bonds. The highest BCUT2D eigenvalue weighted by molar-refractivity contribution is 8.00. The van der Waals surface area contributed by atoms with Gasteiger partial charge < -0.3 is 33.9 Å². The lowest BCUT2D eigenvalue weighted by Crippen LogP contribution is -2.58. The number of benzene rings is 3. The molecule has 3 N–H and O–H groups in total. The summed E-state index contributed by atoms with van der Waals surface area (Å²) < 4.78 is 80.8. The molecule has 20 heteroatoms. The molecule has 5 aromatic rings. The van der Waals surface area contributed by atoms with Gasteiger partial charge in [-0.2, -0.15) is 13.8 Å². The second-order valence-corrected chi connectivity index (χ2v) is 23.2. The summed E-state index contributed by atoms with van der Waals surface area (Å²) in [6.45, 7) is 6.76. The van der Waals surface area contributed by atoms with Crippen molar-refractivity contribution in [2.45, 2.75) is 117 Å². The highest BCUT2D eigenvalue weighted by Crippen LogP contribution is 2.54. The Hall–Kier alpha value is -5.54. The average molecular weight is 1020 g/mol. The van der Waals surface area contributed by atoms with E-state index in [9.17, 15) is 37.2 Å². The number of piperidine rings is 1. The summed E-state index contributed by atoms with van der Waals surface area (Å²) in [6, 6.07) is 19.1. The molecule has 1 spiro atoms. The largest absolute Gasteiger partial charge is 0.491 e. The molecule has 2 aliphatic carbocycles. The van der Waals surface area contributed by atoms with E-state index in [-0.39, 0.29) is 62.6 Å². The maximum Gasteiger partial charge on any atom is 0.388 e. The number of alkyl halides is 2. The number of aromatic amines is 1. The standard InChI is InChI=1S/C51H58F2N6O10S2/c1-30(2)36-6-4-5-7-37(36)40-28-66-21-20-58(40)34-26-51(27-34)15-18-57(19-16-51)33-8-9-38(41(23-33)68-43-22-32-12-17-54-46(32)55-48(43)69-49(52)53)47(60)56-71(64,65)35-24-39(59(62)63)45-42(25-35)67-29-44(70-45)31-10-13-50(3,61)14-11-31/h4-9,12,17,22-25,30-31,34,40,44,49,61H,10-11,13-16,18-21,26-29H2,1-3H3,(H,54,55)(H,56,60)/t31?,40-,44+,50?/m0/s1. The maximum absolute atomic E-state index is 14.2. The van der Waals surface area contributed by atoms with E-state index >= 15 is 0 Å². The van der Waals surface area contributed by atoms with Gasteiger partial charge in [0.15, 0.2) is 5.75 Å². The number of carbonyl (C=O) groups is 1. The van der Waals surface area contributed by atoms with Gasteiger partial charge >= 0.3 is 6.61 Å². The van der Waals surface area contributed by atoms with Crippen molar-refractivity contribution >= 4 is 50.1 Å². The maximum atomic E-state index is 14.2. The first-order valence-corrected chi connectivity index (χ1v) is 26.6. The minimum absolute atomic E-state index is 0.00194. The number of nitrogens with one attached hydrogen (secondary N) is 2. The first-order chi connectivity index (χ1) is 33.9. The Balaban J connectivity index is 0.889. The Labute approximate surface area is 415 Å². The predicted octanol–water partition coefficient (Wildman–Crippen LogP) is 9.72. The van der Waals surface area contributed by atoms with Crippen molar-refractivity contribution in [1.82, 2.24) is 19.6 Å². The number of amides is 1. The minimum atomic E-state index is -4.80. The molecular formula is C51H58F2N6O10S2. The Morgan fingerprint density at radius 3 is 2.51 bits per heavy atom. The highest BCUT2D eigenvalue weighted by Gasteiger charge is 2.50. The Kier molecular flexibility index (Phi) is 13.5. The fourth-order valence-electron chi connectivity index (χ4n) is 11.3. The van der Waals surface area contributed by atoms with Gasteiger partial charge in [-0.3, -0.25) is 19.8 Å². The topological polar surface area (TPSA) is 199 Å². The molecular weight excluding hydrogens is 959 g/mol. The van der Waals surface area contributed by atoms with E-state index in [0.29, 0.717) is 75.0 Å². The molecule has 3 aromatic carbocycles. The van der Waals surface area contributed by atoms with Crippen LogP contribution in [0.3, 0.4) is 0 Å². The van der Waals surface area contributed by atoms with Crippen LogP contribution in [0.5, 0.6) is 23.1 Å². The van der Waals surface area contributed by atoms with E-state index in [2.05, 4.69) is 62.6 Å². The number of rotatable bonds is 13. The van der Waals surface area contributed by atoms with Crippen LogP contribution in [0, 0.1) is 21.4 Å². The number of nitro groups is 1. The third-order valence-electron chi connectivity index (χ3n) is 15.3. The first kappa shape index (κ1) is 49.1. The molecule has 3 aliphatic heterocycles. The number of aliphatic hydroxyl groups is 1. The van der Waals surface area contributed by atoms with E-state index in [1.165, 1.54) is 35.0 Å². The number of nitrogens with zero attached hydrogens (tertiary/aromatic N) is 4. The number of H-pyrrole nitrogens is 1. The summed E-state index contributed by atoms with van der Waals surface area (Å²) in [7, 11) is -4.80. The van der Waals surface area contributed by atoms with Gasteiger partial charge in [0.25, 0.3) is 27.5 Å². The third-order valence-corrected chi connectivity index (χ3v) is 18.1. The fourth-order valence-corrected chi connectivity index (χ4v) is 13.7. The summed E-state index contributed by atoms with van der Waals surface area (Å²) in [6.07, 6.45) is 8.12. The molecule has 5 heterocycles. The summed E-state index contributed by atoms with van der Waals surface area (Å²) in [5.41, 5.74) is 2.22. The monoisotopic (exact) mass is 1020 g/mol. The van der Waals surface area contributed by atoms with Crippen molar-refractivity contribution in [3.8, 4) is 23.1 Å². The molecule has 5 aliphatic rings. The van der Waals surface area contributed by atoms with Crippen LogP contribution >= 0.6 is 11.8 Å². The molecule has 0 unspecified atom stereocenters. The van der Waals surface area contributed by atoms with Gasteiger partial charge in [0.05, 0.1) is 40.2 Å². The predicted molar refractivity (Wildman–Crippen MR) is 262 cm³/mol. The molecule has 378 valence electrons. The number of hydrogen-bond acceptors (Lipinski definition) is 14. The lowest BCUT2D eigenvalue weighted by molar-refractivity contribution is -0.388. The van der Waals surface area contributed by atoms with Gasteiger partial charge in [-0.25, -0.2) is 13.1 Å².